The minimum atomic E-state index is -0.826. The average molecular weight is 355 g/mol. The van der Waals surface area contributed by atoms with Crippen LogP contribution in [0, 0.1) is 5.41 Å². The Hall–Kier alpha value is -1.51. The van der Waals surface area contributed by atoms with Gasteiger partial charge in [0.15, 0.2) is 0 Å². The van der Waals surface area contributed by atoms with Crippen LogP contribution in [0.25, 0.3) is 0 Å². The van der Waals surface area contributed by atoms with E-state index in [1.807, 2.05) is 6.92 Å². The zero-order valence-electron chi connectivity index (χ0n) is 14.1. The van der Waals surface area contributed by atoms with Gasteiger partial charge in [-0.1, -0.05) is 6.92 Å². The van der Waals surface area contributed by atoms with Crippen LogP contribution in [0.3, 0.4) is 0 Å². The molecule has 2 rings (SSSR count). The molecule has 0 aliphatic carbocycles. The van der Waals surface area contributed by atoms with Gasteiger partial charge in [0.1, 0.15) is 5.69 Å². The van der Waals surface area contributed by atoms with Crippen molar-refractivity contribution in [3.05, 3.63) is 16.6 Å². The Morgan fingerprint density at radius 2 is 2.29 bits per heavy atom. The standard InChI is InChI=1S/C16H25N3O4S/c1-3-16(2,9-20)15(23)18-11-4-5-19(7-12(21)6-11)14(22)13-8-24-10-17-13/h8,10-12,20-21H,3-7,9H2,1-2H3,(H,18,23)/t11-,12-,16?/m1/s1. The van der Waals surface area contributed by atoms with Gasteiger partial charge >= 0.3 is 0 Å². The van der Waals surface area contributed by atoms with Crippen molar-refractivity contribution in [2.75, 3.05) is 19.7 Å². The number of rotatable bonds is 5. The molecule has 1 saturated heterocycles. The minimum Gasteiger partial charge on any atom is -0.395 e. The molecule has 1 aromatic heterocycles. The number of carbonyl (C=O) groups is 2. The van der Waals surface area contributed by atoms with Crippen molar-refractivity contribution in [2.24, 2.45) is 5.41 Å². The predicted octanol–water partition coefficient (Wildman–Crippen LogP) is 0.633. The van der Waals surface area contributed by atoms with Gasteiger partial charge < -0.3 is 20.4 Å². The van der Waals surface area contributed by atoms with Crippen LogP contribution in [0.4, 0.5) is 0 Å². The van der Waals surface area contributed by atoms with Crippen molar-refractivity contribution in [1.29, 1.82) is 0 Å². The number of β-amino-alcohol motifs (C(OH)–C–C–N with tert-alkyl or cyclic N) is 1. The smallest absolute Gasteiger partial charge is 0.273 e. The van der Waals surface area contributed by atoms with Crippen LogP contribution in [0.15, 0.2) is 10.9 Å². The molecule has 3 N–H and O–H groups in total. The Bertz CT molecular complexity index is 560. The number of carbonyl (C=O) groups excluding carboxylic acids is 2. The molecule has 0 spiro atoms. The molecule has 1 aromatic rings. The second-order valence-corrected chi connectivity index (χ2v) is 7.26. The number of amides is 2. The predicted molar refractivity (Wildman–Crippen MR) is 90.7 cm³/mol. The van der Waals surface area contributed by atoms with Gasteiger partial charge in [-0.25, -0.2) is 4.98 Å². The van der Waals surface area contributed by atoms with Gasteiger partial charge in [-0.15, -0.1) is 11.3 Å². The number of thiazole rings is 1. The van der Waals surface area contributed by atoms with Crippen molar-refractivity contribution in [2.45, 2.75) is 45.3 Å². The van der Waals surface area contributed by atoms with Crippen LogP contribution in [0.2, 0.25) is 0 Å². The molecular formula is C16H25N3O4S. The van der Waals surface area contributed by atoms with Crippen LogP contribution >= 0.6 is 11.3 Å². The maximum absolute atomic E-state index is 12.4. The van der Waals surface area contributed by atoms with Crippen LogP contribution in [-0.4, -0.2) is 63.8 Å². The lowest BCUT2D eigenvalue weighted by Crippen LogP contribution is -2.46. The van der Waals surface area contributed by atoms with Crippen molar-refractivity contribution < 1.29 is 19.8 Å². The summed E-state index contributed by atoms with van der Waals surface area (Å²) in [5.74, 6) is -0.417. The number of hydrogen-bond donors (Lipinski definition) is 3. The summed E-state index contributed by atoms with van der Waals surface area (Å²) in [7, 11) is 0. The Morgan fingerprint density at radius 1 is 1.54 bits per heavy atom. The number of likely N-dealkylation sites (tertiary alicyclic amines) is 1. The largest absolute Gasteiger partial charge is 0.395 e. The zero-order chi connectivity index (χ0) is 17.7. The van der Waals surface area contributed by atoms with E-state index in [0.717, 1.165) is 0 Å². The first kappa shape index (κ1) is 18.8. The SMILES string of the molecule is CCC(C)(CO)C(=O)N[C@@H]1CCN(C(=O)c2cscn2)C[C@H](O)C1. The first-order valence-electron chi connectivity index (χ1n) is 8.17. The van der Waals surface area contributed by atoms with Crippen LogP contribution in [0.1, 0.15) is 43.6 Å². The van der Waals surface area contributed by atoms with Crippen molar-refractivity contribution in [3.63, 3.8) is 0 Å². The van der Waals surface area contributed by atoms with E-state index in [9.17, 15) is 19.8 Å². The number of aliphatic hydroxyl groups is 2. The summed E-state index contributed by atoms with van der Waals surface area (Å²) in [4.78, 5) is 30.4. The highest BCUT2D eigenvalue weighted by Gasteiger charge is 2.34. The highest BCUT2D eigenvalue weighted by molar-refractivity contribution is 7.07. The summed E-state index contributed by atoms with van der Waals surface area (Å²) in [6.45, 7) is 4.02. The van der Waals surface area contributed by atoms with E-state index < -0.39 is 11.5 Å². The van der Waals surface area contributed by atoms with E-state index in [0.29, 0.717) is 31.5 Å². The zero-order valence-corrected chi connectivity index (χ0v) is 14.9. The Balaban J connectivity index is 1.99. The van der Waals surface area contributed by atoms with Gasteiger partial charge in [0, 0.05) is 24.5 Å². The number of aromatic nitrogens is 1. The number of hydrogen-bond acceptors (Lipinski definition) is 6. The molecule has 1 unspecified atom stereocenters. The third kappa shape index (κ3) is 4.31. The average Bonchev–Trinajstić information content (AvgIpc) is 3.04. The van der Waals surface area contributed by atoms with E-state index in [1.165, 1.54) is 11.3 Å². The molecule has 7 nitrogen and oxygen atoms in total. The maximum atomic E-state index is 12.4. The lowest BCUT2D eigenvalue weighted by molar-refractivity contribution is -0.133. The minimum absolute atomic E-state index is 0.198. The summed E-state index contributed by atoms with van der Waals surface area (Å²) in [5.41, 5.74) is 1.16. The molecule has 24 heavy (non-hydrogen) atoms. The van der Waals surface area contributed by atoms with E-state index in [1.54, 1.807) is 22.7 Å². The van der Waals surface area contributed by atoms with E-state index in [-0.39, 0.29) is 31.0 Å². The van der Waals surface area contributed by atoms with Gasteiger partial charge in [-0.2, -0.15) is 0 Å². The van der Waals surface area contributed by atoms with E-state index in [2.05, 4.69) is 10.3 Å². The molecule has 0 aromatic carbocycles. The summed E-state index contributed by atoms with van der Waals surface area (Å²) in [6.07, 6.45) is 0.767. The molecular weight excluding hydrogens is 330 g/mol. The van der Waals surface area contributed by atoms with Gasteiger partial charge in [-0.3, -0.25) is 9.59 Å². The molecule has 2 heterocycles. The van der Waals surface area contributed by atoms with Gasteiger partial charge in [-0.05, 0) is 26.2 Å². The molecule has 3 atom stereocenters. The number of aliphatic hydroxyl groups excluding tert-OH is 2. The fourth-order valence-corrected chi connectivity index (χ4v) is 3.20. The first-order valence-corrected chi connectivity index (χ1v) is 9.11. The molecule has 134 valence electrons. The number of nitrogens with zero attached hydrogens (tertiary/aromatic N) is 2. The van der Waals surface area contributed by atoms with Crippen molar-refractivity contribution >= 4 is 23.2 Å². The second-order valence-electron chi connectivity index (χ2n) is 6.55. The number of nitrogens with one attached hydrogen (secondary N) is 1. The molecule has 1 fully saturated rings. The maximum Gasteiger partial charge on any atom is 0.273 e. The summed E-state index contributed by atoms with van der Waals surface area (Å²) in [5, 5.41) is 24.2. The molecule has 0 bridgehead atoms. The summed E-state index contributed by atoms with van der Waals surface area (Å²) >= 11 is 1.35. The first-order chi connectivity index (χ1) is 11.4. The van der Waals surface area contributed by atoms with Crippen LogP contribution in [-0.2, 0) is 4.79 Å². The molecule has 8 heteroatoms. The van der Waals surface area contributed by atoms with Crippen molar-refractivity contribution in [1.82, 2.24) is 15.2 Å². The van der Waals surface area contributed by atoms with E-state index >= 15 is 0 Å². The highest BCUT2D eigenvalue weighted by Crippen LogP contribution is 2.22. The van der Waals surface area contributed by atoms with E-state index in [4.69, 9.17) is 0 Å². The van der Waals surface area contributed by atoms with Crippen LogP contribution in [0.5, 0.6) is 0 Å². The van der Waals surface area contributed by atoms with Gasteiger partial charge in [0.2, 0.25) is 5.91 Å². The fraction of sp³-hybridized carbons (Fsp3) is 0.688. The Labute approximate surface area is 145 Å². The second kappa shape index (κ2) is 8.04. The lowest BCUT2D eigenvalue weighted by atomic mass is 9.87. The fourth-order valence-electron chi connectivity index (χ4n) is 2.68. The Morgan fingerprint density at radius 3 is 2.88 bits per heavy atom. The summed E-state index contributed by atoms with van der Waals surface area (Å²) in [6, 6.07) is -0.224. The normalized spacial score (nSPS) is 24.1. The monoisotopic (exact) mass is 355 g/mol. The van der Waals surface area contributed by atoms with Gasteiger partial charge in [0.25, 0.3) is 5.91 Å². The topological polar surface area (TPSA) is 103 Å². The molecule has 1 aliphatic rings. The third-order valence-electron chi connectivity index (χ3n) is 4.69. The summed E-state index contributed by atoms with van der Waals surface area (Å²) < 4.78 is 0. The van der Waals surface area contributed by atoms with Gasteiger partial charge in [0.05, 0.1) is 23.6 Å². The lowest BCUT2D eigenvalue weighted by Gasteiger charge is -2.28. The molecule has 0 radical (unpaired) electrons. The quantitative estimate of drug-likeness (QED) is 0.719. The Kier molecular flexibility index (Phi) is 6.31. The molecule has 2 amide bonds. The van der Waals surface area contributed by atoms with Crippen molar-refractivity contribution in [3.8, 4) is 0 Å². The molecule has 1 aliphatic heterocycles. The highest BCUT2D eigenvalue weighted by atomic mass is 32.1. The van der Waals surface area contributed by atoms with Crippen LogP contribution < -0.4 is 5.32 Å². The molecule has 0 saturated carbocycles. The third-order valence-corrected chi connectivity index (χ3v) is 5.27.